The third kappa shape index (κ3) is 5.58. The van der Waals surface area contributed by atoms with E-state index in [4.69, 9.17) is 4.74 Å². The van der Waals surface area contributed by atoms with Gasteiger partial charge in [-0.05, 0) is 36.6 Å². The molecule has 0 amide bonds. The standard InChI is InChI=1S/C18H23NO2/c1-15(20)17-8-10-18(11-9-17)19-12-5-13-21-14-16-6-3-2-4-7-16/h2-4,6-11,15,19-20H,5,12-14H2,1H3. The highest BCUT2D eigenvalue weighted by Crippen LogP contribution is 2.15. The van der Waals surface area contributed by atoms with Gasteiger partial charge in [0.05, 0.1) is 12.7 Å². The minimum atomic E-state index is -0.412. The van der Waals surface area contributed by atoms with E-state index in [1.54, 1.807) is 6.92 Å². The van der Waals surface area contributed by atoms with Gasteiger partial charge in [0.2, 0.25) is 0 Å². The molecule has 0 heterocycles. The summed E-state index contributed by atoms with van der Waals surface area (Å²) >= 11 is 0. The molecule has 2 rings (SSSR count). The van der Waals surface area contributed by atoms with E-state index in [1.165, 1.54) is 5.56 Å². The number of anilines is 1. The Balaban J connectivity index is 1.59. The maximum atomic E-state index is 9.44. The van der Waals surface area contributed by atoms with Crippen LogP contribution in [0, 0.1) is 0 Å². The Hall–Kier alpha value is -1.84. The minimum Gasteiger partial charge on any atom is -0.389 e. The summed E-state index contributed by atoms with van der Waals surface area (Å²) in [6, 6.07) is 18.1. The van der Waals surface area contributed by atoms with Crippen LogP contribution in [0.2, 0.25) is 0 Å². The molecule has 0 spiro atoms. The maximum Gasteiger partial charge on any atom is 0.0761 e. The van der Waals surface area contributed by atoms with Crippen LogP contribution in [0.1, 0.15) is 30.6 Å². The van der Waals surface area contributed by atoms with Gasteiger partial charge in [0, 0.05) is 18.8 Å². The molecule has 0 radical (unpaired) electrons. The van der Waals surface area contributed by atoms with Crippen molar-refractivity contribution in [2.24, 2.45) is 0 Å². The SMILES string of the molecule is CC(O)c1ccc(NCCCOCc2ccccc2)cc1. The van der Waals surface area contributed by atoms with E-state index in [-0.39, 0.29) is 0 Å². The fourth-order valence-corrected chi connectivity index (χ4v) is 2.05. The quantitative estimate of drug-likeness (QED) is 0.726. The summed E-state index contributed by atoms with van der Waals surface area (Å²) in [5, 5.41) is 12.8. The molecule has 0 aromatic heterocycles. The van der Waals surface area contributed by atoms with E-state index in [2.05, 4.69) is 17.4 Å². The predicted molar refractivity (Wildman–Crippen MR) is 86.3 cm³/mol. The van der Waals surface area contributed by atoms with Gasteiger partial charge in [-0.2, -0.15) is 0 Å². The molecule has 0 aliphatic heterocycles. The van der Waals surface area contributed by atoms with Crippen LogP contribution in [0.3, 0.4) is 0 Å². The molecule has 21 heavy (non-hydrogen) atoms. The van der Waals surface area contributed by atoms with Crippen LogP contribution >= 0.6 is 0 Å². The van der Waals surface area contributed by atoms with E-state index in [0.29, 0.717) is 6.61 Å². The molecule has 0 saturated heterocycles. The number of hydrogen-bond acceptors (Lipinski definition) is 3. The maximum absolute atomic E-state index is 9.44. The van der Waals surface area contributed by atoms with Gasteiger partial charge in [-0.3, -0.25) is 0 Å². The molecule has 1 unspecified atom stereocenters. The molecule has 0 aliphatic rings. The Bertz CT molecular complexity index is 509. The van der Waals surface area contributed by atoms with Crippen LogP contribution in [0.25, 0.3) is 0 Å². The van der Waals surface area contributed by atoms with Gasteiger partial charge < -0.3 is 15.2 Å². The van der Waals surface area contributed by atoms with E-state index < -0.39 is 6.10 Å². The average molecular weight is 285 g/mol. The first kappa shape index (κ1) is 15.5. The highest BCUT2D eigenvalue weighted by molar-refractivity contribution is 5.44. The molecule has 1 atom stereocenters. The van der Waals surface area contributed by atoms with Crippen molar-refractivity contribution in [3.8, 4) is 0 Å². The lowest BCUT2D eigenvalue weighted by Gasteiger charge is -2.09. The van der Waals surface area contributed by atoms with Gasteiger partial charge in [0.1, 0.15) is 0 Å². The van der Waals surface area contributed by atoms with Crippen molar-refractivity contribution in [3.63, 3.8) is 0 Å². The Kier molecular flexibility index (Phi) is 6.25. The van der Waals surface area contributed by atoms with Gasteiger partial charge in [-0.25, -0.2) is 0 Å². The number of rotatable bonds is 8. The molecular formula is C18H23NO2. The molecule has 3 heteroatoms. The van der Waals surface area contributed by atoms with E-state index in [0.717, 1.165) is 30.8 Å². The third-order valence-corrected chi connectivity index (χ3v) is 3.30. The number of aliphatic hydroxyl groups is 1. The first-order valence-corrected chi connectivity index (χ1v) is 7.39. The monoisotopic (exact) mass is 285 g/mol. The zero-order chi connectivity index (χ0) is 14.9. The number of hydrogen-bond donors (Lipinski definition) is 2. The Morgan fingerprint density at radius 1 is 1.05 bits per heavy atom. The lowest BCUT2D eigenvalue weighted by molar-refractivity contribution is 0.120. The average Bonchev–Trinajstić information content (AvgIpc) is 2.52. The second-order valence-corrected chi connectivity index (χ2v) is 5.12. The third-order valence-electron chi connectivity index (χ3n) is 3.30. The van der Waals surface area contributed by atoms with Gasteiger partial charge in [-0.1, -0.05) is 42.5 Å². The number of ether oxygens (including phenoxy) is 1. The zero-order valence-electron chi connectivity index (χ0n) is 12.5. The molecule has 0 aliphatic carbocycles. The largest absolute Gasteiger partial charge is 0.389 e. The lowest BCUT2D eigenvalue weighted by Crippen LogP contribution is -2.06. The fraction of sp³-hybridized carbons (Fsp3) is 0.333. The summed E-state index contributed by atoms with van der Waals surface area (Å²) in [5.41, 5.74) is 3.22. The molecule has 0 bridgehead atoms. The number of benzene rings is 2. The number of aliphatic hydroxyl groups excluding tert-OH is 1. The van der Waals surface area contributed by atoms with Gasteiger partial charge >= 0.3 is 0 Å². The lowest BCUT2D eigenvalue weighted by atomic mass is 10.1. The fourth-order valence-electron chi connectivity index (χ4n) is 2.05. The Morgan fingerprint density at radius 3 is 2.43 bits per heavy atom. The summed E-state index contributed by atoms with van der Waals surface area (Å²) in [4.78, 5) is 0. The van der Waals surface area contributed by atoms with Crippen LogP contribution in [0.15, 0.2) is 54.6 Å². The Morgan fingerprint density at radius 2 is 1.76 bits per heavy atom. The van der Waals surface area contributed by atoms with Crippen molar-refractivity contribution >= 4 is 5.69 Å². The Labute approximate surface area is 126 Å². The van der Waals surface area contributed by atoms with E-state index in [1.807, 2.05) is 42.5 Å². The molecular weight excluding hydrogens is 262 g/mol. The second-order valence-electron chi connectivity index (χ2n) is 5.12. The molecule has 2 aromatic rings. The van der Waals surface area contributed by atoms with E-state index in [9.17, 15) is 5.11 Å². The first-order chi connectivity index (χ1) is 10.3. The van der Waals surface area contributed by atoms with Gasteiger partial charge in [-0.15, -0.1) is 0 Å². The minimum absolute atomic E-state index is 0.412. The van der Waals surface area contributed by atoms with Crippen LogP contribution in [0.4, 0.5) is 5.69 Å². The summed E-state index contributed by atoms with van der Waals surface area (Å²) in [5.74, 6) is 0. The summed E-state index contributed by atoms with van der Waals surface area (Å²) in [6.45, 7) is 4.06. The smallest absolute Gasteiger partial charge is 0.0761 e. The first-order valence-electron chi connectivity index (χ1n) is 7.39. The van der Waals surface area contributed by atoms with Crippen molar-refractivity contribution in [2.45, 2.75) is 26.1 Å². The van der Waals surface area contributed by atoms with Crippen molar-refractivity contribution in [3.05, 3.63) is 65.7 Å². The molecule has 2 N–H and O–H groups in total. The van der Waals surface area contributed by atoms with Crippen molar-refractivity contribution < 1.29 is 9.84 Å². The number of nitrogens with one attached hydrogen (secondary N) is 1. The topological polar surface area (TPSA) is 41.5 Å². The van der Waals surface area contributed by atoms with Gasteiger partial charge in [0.15, 0.2) is 0 Å². The van der Waals surface area contributed by atoms with Crippen LogP contribution in [-0.2, 0) is 11.3 Å². The van der Waals surface area contributed by atoms with Crippen molar-refractivity contribution in [1.29, 1.82) is 0 Å². The molecule has 3 nitrogen and oxygen atoms in total. The second kappa shape index (κ2) is 8.45. The van der Waals surface area contributed by atoms with Gasteiger partial charge in [0.25, 0.3) is 0 Å². The van der Waals surface area contributed by atoms with Crippen LogP contribution < -0.4 is 5.32 Å². The molecule has 0 saturated carbocycles. The van der Waals surface area contributed by atoms with E-state index >= 15 is 0 Å². The zero-order valence-corrected chi connectivity index (χ0v) is 12.5. The molecule has 2 aromatic carbocycles. The normalized spacial score (nSPS) is 12.1. The summed E-state index contributed by atoms with van der Waals surface area (Å²) in [6.07, 6.45) is 0.552. The van der Waals surface area contributed by atoms with Crippen LogP contribution in [-0.4, -0.2) is 18.3 Å². The molecule has 112 valence electrons. The highest BCUT2D eigenvalue weighted by Gasteiger charge is 1.99. The molecule has 0 fully saturated rings. The highest BCUT2D eigenvalue weighted by atomic mass is 16.5. The summed E-state index contributed by atoms with van der Waals surface area (Å²) < 4.78 is 5.64. The van der Waals surface area contributed by atoms with Crippen molar-refractivity contribution in [1.82, 2.24) is 0 Å². The van der Waals surface area contributed by atoms with Crippen LogP contribution in [0.5, 0.6) is 0 Å². The van der Waals surface area contributed by atoms with Crippen molar-refractivity contribution in [2.75, 3.05) is 18.5 Å². The predicted octanol–water partition coefficient (Wildman–Crippen LogP) is 3.76. The summed E-state index contributed by atoms with van der Waals surface area (Å²) in [7, 11) is 0.